The minimum Gasteiger partial charge on any atom is -0.491 e. The van der Waals surface area contributed by atoms with E-state index in [0.29, 0.717) is 25.9 Å². The minimum absolute atomic E-state index is 0.0607. The number of piperidine rings is 1. The molecule has 7 heteroatoms. The normalized spacial score (nSPS) is 17.3. The number of hydrogen-bond donors (Lipinski definition) is 1. The van der Waals surface area contributed by atoms with Crippen LogP contribution in [0.2, 0.25) is 0 Å². The average molecular weight is 459 g/mol. The van der Waals surface area contributed by atoms with Crippen molar-refractivity contribution in [3.05, 3.63) is 59.7 Å². The Morgan fingerprint density at radius 1 is 1.12 bits per heavy atom. The number of carbonyl (C=O) groups excluding carboxylic acids is 1. The Kier molecular flexibility index (Phi) is 8.32. The maximum absolute atomic E-state index is 13.0. The molecule has 6 nitrogen and oxygen atoms in total. The molecule has 32 heavy (non-hydrogen) atoms. The molecule has 1 amide bonds. The molecule has 0 aromatic heterocycles. The van der Waals surface area contributed by atoms with E-state index >= 15 is 0 Å². The number of ether oxygens (including phenoxy) is 1. The van der Waals surface area contributed by atoms with Gasteiger partial charge in [0.2, 0.25) is 15.9 Å². The average Bonchev–Trinajstić information content (AvgIpc) is 2.77. The summed E-state index contributed by atoms with van der Waals surface area (Å²) in [5, 5.41) is 2.99. The molecular formula is C25H34N2O4S. The molecule has 2 aromatic carbocycles. The predicted octanol–water partition coefficient (Wildman–Crippen LogP) is 3.93. The van der Waals surface area contributed by atoms with Gasteiger partial charge < -0.3 is 10.1 Å². The van der Waals surface area contributed by atoms with Gasteiger partial charge in [-0.1, -0.05) is 29.8 Å². The van der Waals surface area contributed by atoms with Crippen molar-refractivity contribution in [1.29, 1.82) is 0 Å². The molecule has 0 aliphatic carbocycles. The smallest absolute Gasteiger partial charge is 0.243 e. The number of amides is 1. The van der Waals surface area contributed by atoms with Gasteiger partial charge in [-0.2, -0.15) is 4.31 Å². The number of carbonyl (C=O) groups is 1. The molecule has 0 radical (unpaired) electrons. The van der Waals surface area contributed by atoms with Crippen molar-refractivity contribution in [2.45, 2.75) is 57.5 Å². The van der Waals surface area contributed by atoms with Crippen molar-refractivity contribution in [3.63, 3.8) is 0 Å². The molecule has 2 aromatic rings. The molecule has 0 saturated carbocycles. The van der Waals surface area contributed by atoms with E-state index in [1.807, 2.05) is 32.9 Å². The molecule has 1 fully saturated rings. The summed E-state index contributed by atoms with van der Waals surface area (Å²) < 4.78 is 33.0. The van der Waals surface area contributed by atoms with Gasteiger partial charge in [0.25, 0.3) is 0 Å². The molecular weight excluding hydrogens is 424 g/mol. The number of benzene rings is 2. The van der Waals surface area contributed by atoms with E-state index in [4.69, 9.17) is 4.74 Å². The van der Waals surface area contributed by atoms with Gasteiger partial charge in [-0.05, 0) is 76.3 Å². The zero-order valence-electron chi connectivity index (χ0n) is 19.2. The Morgan fingerprint density at radius 3 is 2.47 bits per heavy atom. The molecule has 1 atom stereocenters. The second-order valence-corrected chi connectivity index (χ2v) is 10.7. The first kappa shape index (κ1) is 24.3. The van der Waals surface area contributed by atoms with Crippen LogP contribution in [-0.2, 0) is 21.2 Å². The minimum atomic E-state index is -3.57. The Hall–Kier alpha value is -2.38. The third-order valence-corrected chi connectivity index (χ3v) is 7.53. The molecule has 3 rings (SSSR count). The first-order valence-corrected chi connectivity index (χ1v) is 12.8. The van der Waals surface area contributed by atoms with E-state index in [0.717, 1.165) is 24.2 Å². The van der Waals surface area contributed by atoms with E-state index in [-0.39, 0.29) is 29.4 Å². The Labute approximate surface area is 192 Å². The first-order valence-electron chi connectivity index (χ1n) is 11.4. The Balaban J connectivity index is 1.46. The molecule has 1 heterocycles. The lowest BCUT2D eigenvalue weighted by Gasteiger charge is -2.31. The number of rotatable bonds is 9. The van der Waals surface area contributed by atoms with Crippen molar-refractivity contribution in [2.24, 2.45) is 5.92 Å². The van der Waals surface area contributed by atoms with Gasteiger partial charge in [-0.25, -0.2) is 8.42 Å². The summed E-state index contributed by atoms with van der Waals surface area (Å²) in [6, 6.07) is 14.9. The van der Waals surface area contributed by atoms with Gasteiger partial charge in [0.15, 0.2) is 0 Å². The van der Waals surface area contributed by atoms with Crippen LogP contribution in [0, 0.1) is 12.8 Å². The van der Waals surface area contributed by atoms with Crippen molar-refractivity contribution >= 4 is 15.9 Å². The maximum atomic E-state index is 13.0. The largest absolute Gasteiger partial charge is 0.491 e. The van der Waals surface area contributed by atoms with E-state index in [1.54, 1.807) is 24.3 Å². The van der Waals surface area contributed by atoms with Crippen LogP contribution >= 0.6 is 0 Å². The topological polar surface area (TPSA) is 75.7 Å². The third kappa shape index (κ3) is 6.56. The Morgan fingerprint density at radius 2 is 1.81 bits per heavy atom. The van der Waals surface area contributed by atoms with Crippen LogP contribution in [0.15, 0.2) is 53.4 Å². The number of nitrogens with zero attached hydrogens (tertiary/aromatic N) is 1. The molecule has 174 valence electrons. The van der Waals surface area contributed by atoms with Crippen molar-refractivity contribution in [1.82, 2.24) is 9.62 Å². The second kappa shape index (κ2) is 11.0. The summed E-state index contributed by atoms with van der Waals surface area (Å²) in [6.45, 7) is 7.19. The summed E-state index contributed by atoms with van der Waals surface area (Å²) in [7, 11) is -3.57. The highest BCUT2D eigenvalue weighted by Crippen LogP contribution is 2.24. The number of sulfonamides is 1. The third-order valence-electron chi connectivity index (χ3n) is 5.65. The van der Waals surface area contributed by atoms with Crippen LogP contribution in [0.25, 0.3) is 0 Å². The van der Waals surface area contributed by atoms with Crippen LogP contribution in [0.4, 0.5) is 0 Å². The van der Waals surface area contributed by atoms with Gasteiger partial charge in [0, 0.05) is 19.6 Å². The van der Waals surface area contributed by atoms with Gasteiger partial charge >= 0.3 is 0 Å². The van der Waals surface area contributed by atoms with E-state index in [2.05, 4.69) is 17.4 Å². The molecule has 0 bridgehead atoms. The standard InChI is InChI=1S/C25H34N2O4S/c1-19(2)31-23-12-10-21(11-13-23)6-4-16-26-25(28)22-7-5-17-27(18-22)32(29,30)24-14-8-20(3)9-15-24/h8-15,19,22H,4-7,16-18H2,1-3H3,(H,26,28)/t22-/m0/s1. The molecule has 1 aliphatic rings. The lowest BCUT2D eigenvalue weighted by molar-refractivity contribution is -0.126. The van der Waals surface area contributed by atoms with Crippen molar-refractivity contribution < 1.29 is 17.9 Å². The van der Waals surface area contributed by atoms with Crippen molar-refractivity contribution in [2.75, 3.05) is 19.6 Å². The number of nitrogens with one attached hydrogen (secondary N) is 1. The molecule has 0 spiro atoms. The summed E-state index contributed by atoms with van der Waals surface area (Å²) in [6.07, 6.45) is 3.24. The zero-order valence-corrected chi connectivity index (χ0v) is 20.0. The quantitative estimate of drug-likeness (QED) is 0.578. The van der Waals surface area contributed by atoms with E-state index in [1.165, 1.54) is 9.87 Å². The van der Waals surface area contributed by atoms with Gasteiger partial charge in [0.1, 0.15) is 5.75 Å². The van der Waals surface area contributed by atoms with Gasteiger partial charge in [-0.15, -0.1) is 0 Å². The van der Waals surface area contributed by atoms with Gasteiger partial charge in [-0.3, -0.25) is 4.79 Å². The number of aryl methyl sites for hydroxylation is 2. The lowest BCUT2D eigenvalue weighted by Crippen LogP contribution is -2.45. The maximum Gasteiger partial charge on any atom is 0.243 e. The highest BCUT2D eigenvalue weighted by atomic mass is 32.2. The van der Waals surface area contributed by atoms with Crippen LogP contribution in [-0.4, -0.2) is 44.4 Å². The first-order chi connectivity index (χ1) is 15.3. The Bertz CT molecular complexity index is 986. The summed E-state index contributed by atoms with van der Waals surface area (Å²) in [5.41, 5.74) is 2.21. The van der Waals surface area contributed by atoms with Crippen LogP contribution in [0.5, 0.6) is 5.75 Å². The predicted molar refractivity (Wildman–Crippen MR) is 126 cm³/mol. The lowest BCUT2D eigenvalue weighted by atomic mass is 9.99. The summed E-state index contributed by atoms with van der Waals surface area (Å²) >= 11 is 0. The fourth-order valence-electron chi connectivity index (χ4n) is 3.89. The highest BCUT2D eigenvalue weighted by molar-refractivity contribution is 7.89. The highest BCUT2D eigenvalue weighted by Gasteiger charge is 2.33. The fourth-order valence-corrected chi connectivity index (χ4v) is 5.41. The molecule has 1 saturated heterocycles. The van der Waals surface area contributed by atoms with E-state index in [9.17, 15) is 13.2 Å². The molecule has 1 N–H and O–H groups in total. The molecule has 1 aliphatic heterocycles. The summed E-state index contributed by atoms with van der Waals surface area (Å²) in [4.78, 5) is 12.9. The monoisotopic (exact) mass is 458 g/mol. The van der Waals surface area contributed by atoms with Crippen LogP contribution < -0.4 is 10.1 Å². The van der Waals surface area contributed by atoms with E-state index < -0.39 is 10.0 Å². The fraction of sp³-hybridized carbons (Fsp3) is 0.480. The van der Waals surface area contributed by atoms with Crippen molar-refractivity contribution in [3.8, 4) is 5.75 Å². The van der Waals surface area contributed by atoms with Crippen LogP contribution in [0.3, 0.4) is 0 Å². The number of hydrogen-bond acceptors (Lipinski definition) is 4. The molecule has 0 unspecified atom stereocenters. The van der Waals surface area contributed by atoms with Gasteiger partial charge in [0.05, 0.1) is 16.9 Å². The second-order valence-electron chi connectivity index (χ2n) is 8.72. The zero-order chi connectivity index (χ0) is 23.1. The van der Waals surface area contributed by atoms with Crippen LogP contribution in [0.1, 0.15) is 44.2 Å². The SMILES string of the molecule is Cc1ccc(S(=O)(=O)N2CCC[C@H](C(=O)NCCCc3ccc(OC(C)C)cc3)C2)cc1. The summed E-state index contributed by atoms with van der Waals surface area (Å²) in [5.74, 6) is 0.491.